The number of hydrogen-bond acceptors (Lipinski definition) is 3. The van der Waals surface area contributed by atoms with Gasteiger partial charge in [0, 0.05) is 0 Å². The van der Waals surface area contributed by atoms with Gasteiger partial charge in [-0.1, -0.05) is 19.1 Å². The number of carbonyl (C=O) groups excluding carboxylic acids is 1. The largest absolute Gasteiger partial charge is 0.436 e. The van der Waals surface area contributed by atoms with Gasteiger partial charge >= 0.3 is 5.97 Å². The lowest BCUT2D eigenvalue weighted by Crippen LogP contribution is -2.35. The molecule has 4 rings (SSSR count). The van der Waals surface area contributed by atoms with E-state index in [9.17, 15) is 4.79 Å². The molecule has 0 spiro atoms. The van der Waals surface area contributed by atoms with Crippen molar-refractivity contribution in [2.45, 2.75) is 64.8 Å². The molecule has 3 heteroatoms. The fourth-order valence-electron chi connectivity index (χ4n) is 5.26. The van der Waals surface area contributed by atoms with E-state index in [2.05, 4.69) is 19.1 Å². The van der Waals surface area contributed by atoms with Crippen molar-refractivity contribution < 1.29 is 14.3 Å². The fraction of sp³-hybridized carbons (Fsp3) is 0.833. The van der Waals surface area contributed by atoms with Crippen LogP contribution in [0.2, 0.25) is 0 Å². The fourth-order valence-corrected chi connectivity index (χ4v) is 5.26. The summed E-state index contributed by atoms with van der Waals surface area (Å²) in [5.74, 6) is 1.87. The van der Waals surface area contributed by atoms with Gasteiger partial charge in [-0.2, -0.15) is 0 Å². The molecule has 7 atom stereocenters. The normalized spacial score (nSPS) is 48.0. The maximum Gasteiger partial charge on any atom is 0.311 e. The van der Waals surface area contributed by atoms with Crippen LogP contribution in [0.1, 0.15) is 52.4 Å². The molecule has 116 valence electrons. The third-order valence-corrected chi connectivity index (χ3v) is 6.42. The van der Waals surface area contributed by atoms with Crippen LogP contribution in [0, 0.1) is 29.1 Å². The predicted octanol–water partition coefficient (Wildman–Crippen LogP) is 3.68. The third-order valence-electron chi connectivity index (χ3n) is 6.42. The van der Waals surface area contributed by atoms with Crippen molar-refractivity contribution in [3.8, 4) is 0 Å². The first-order valence-electron chi connectivity index (χ1n) is 8.58. The minimum absolute atomic E-state index is 0.0485. The van der Waals surface area contributed by atoms with Crippen LogP contribution in [-0.2, 0) is 14.3 Å². The van der Waals surface area contributed by atoms with Crippen molar-refractivity contribution in [2.24, 2.45) is 29.1 Å². The number of esters is 1. The van der Waals surface area contributed by atoms with Crippen LogP contribution in [0.5, 0.6) is 0 Å². The van der Waals surface area contributed by atoms with Crippen LogP contribution < -0.4 is 0 Å². The SMILES string of the molecule is CC(OC(=O)C1CC2C=CC1C2)OC1CC2CCC1(C)C2. The van der Waals surface area contributed by atoms with Crippen LogP contribution in [0.15, 0.2) is 12.2 Å². The number of allylic oxidation sites excluding steroid dienone is 2. The Hall–Kier alpha value is -0.830. The van der Waals surface area contributed by atoms with Gasteiger partial charge in [0.15, 0.2) is 6.29 Å². The molecule has 0 aromatic heterocycles. The lowest BCUT2D eigenvalue weighted by Gasteiger charge is -2.33. The zero-order valence-corrected chi connectivity index (χ0v) is 13.1. The number of ether oxygens (including phenoxy) is 2. The van der Waals surface area contributed by atoms with Crippen molar-refractivity contribution in [3.63, 3.8) is 0 Å². The molecule has 4 aliphatic carbocycles. The lowest BCUT2D eigenvalue weighted by molar-refractivity contribution is -0.200. The summed E-state index contributed by atoms with van der Waals surface area (Å²) in [6.45, 7) is 4.22. The molecule has 0 heterocycles. The summed E-state index contributed by atoms with van der Waals surface area (Å²) in [5, 5.41) is 0. The molecule has 4 bridgehead atoms. The van der Waals surface area contributed by atoms with E-state index in [1.54, 1.807) is 0 Å². The van der Waals surface area contributed by atoms with E-state index >= 15 is 0 Å². The maximum atomic E-state index is 12.3. The standard InChI is InChI=1S/C18H26O3/c1-11(20-16-9-13-5-6-18(16,2)10-13)21-17(19)15-8-12-3-4-14(15)7-12/h3-4,11-16H,5-10H2,1-2H3. The van der Waals surface area contributed by atoms with Crippen molar-refractivity contribution in [1.82, 2.24) is 0 Å². The molecule has 3 saturated carbocycles. The molecule has 0 aromatic carbocycles. The van der Waals surface area contributed by atoms with E-state index in [-0.39, 0.29) is 18.0 Å². The third kappa shape index (κ3) is 2.34. The molecule has 0 saturated heterocycles. The van der Waals surface area contributed by atoms with Crippen LogP contribution in [0.3, 0.4) is 0 Å². The Balaban J connectivity index is 1.31. The summed E-state index contributed by atoms with van der Waals surface area (Å²) in [5.41, 5.74) is 0.320. The van der Waals surface area contributed by atoms with E-state index < -0.39 is 6.29 Å². The molecule has 4 aliphatic rings. The van der Waals surface area contributed by atoms with Crippen molar-refractivity contribution >= 4 is 5.97 Å². The molecule has 0 amide bonds. The molecule has 0 aromatic rings. The van der Waals surface area contributed by atoms with Crippen LogP contribution in [0.4, 0.5) is 0 Å². The molecule has 21 heavy (non-hydrogen) atoms. The van der Waals surface area contributed by atoms with Gasteiger partial charge in [0.25, 0.3) is 0 Å². The highest BCUT2D eigenvalue weighted by Crippen LogP contribution is 2.55. The van der Waals surface area contributed by atoms with E-state index in [0.29, 0.717) is 17.3 Å². The Morgan fingerprint density at radius 2 is 2.14 bits per heavy atom. The van der Waals surface area contributed by atoms with Gasteiger partial charge in [-0.25, -0.2) is 0 Å². The monoisotopic (exact) mass is 290 g/mol. The lowest BCUT2D eigenvalue weighted by atomic mass is 9.84. The Morgan fingerprint density at radius 3 is 2.71 bits per heavy atom. The van der Waals surface area contributed by atoms with Crippen molar-refractivity contribution in [1.29, 1.82) is 0 Å². The highest BCUT2D eigenvalue weighted by Gasteiger charge is 2.50. The summed E-state index contributed by atoms with van der Waals surface area (Å²) >= 11 is 0. The number of hydrogen-bond donors (Lipinski definition) is 0. The van der Waals surface area contributed by atoms with E-state index in [4.69, 9.17) is 9.47 Å². The van der Waals surface area contributed by atoms with Gasteiger partial charge in [-0.15, -0.1) is 0 Å². The van der Waals surface area contributed by atoms with Crippen molar-refractivity contribution in [2.75, 3.05) is 0 Å². The van der Waals surface area contributed by atoms with Gasteiger partial charge in [-0.3, -0.25) is 4.79 Å². The first-order valence-corrected chi connectivity index (χ1v) is 8.58. The Morgan fingerprint density at radius 1 is 1.29 bits per heavy atom. The highest BCUT2D eigenvalue weighted by atomic mass is 16.7. The summed E-state index contributed by atoms with van der Waals surface area (Å²) < 4.78 is 11.7. The van der Waals surface area contributed by atoms with E-state index in [0.717, 1.165) is 25.2 Å². The number of carbonyl (C=O) groups is 1. The van der Waals surface area contributed by atoms with Gasteiger partial charge in [0.05, 0.1) is 12.0 Å². The first-order chi connectivity index (χ1) is 10.0. The summed E-state index contributed by atoms with van der Waals surface area (Å²) in [6, 6.07) is 0. The number of rotatable bonds is 4. The zero-order valence-electron chi connectivity index (χ0n) is 13.1. The molecular formula is C18H26O3. The van der Waals surface area contributed by atoms with E-state index in [1.165, 1.54) is 19.3 Å². The Kier molecular flexibility index (Phi) is 3.18. The second kappa shape index (κ2) is 4.84. The topological polar surface area (TPSA) is 35.5 Å². The molecular weight excluding hydrogens is 264 g/mol. The van der Waals surface area contributed by atoms with Gasteiger partial charge in [0.1, 0.15) is 0 Å². The Labute approximate surface area is 127 Å². The second-order valence-electron chi connectivity index (χ2n) is 8.01. The summed E-state index contributed by atoms with van der Waals surface area (Å²) in [6.07, 6.45) is 11.5. The summed E-state index contributed by atoms with van der Waals surface area (Å²) in [4.78, 5) is 12.3. The Bertz CT molecular complexity index is 471. The first kappa shape index (κ1) is 13.8. The molecule has 0 N–H and O–H groups in total. The minimum Gasteiger partial charge on any atom is -0.436 e. The van der Waals surface area contributed by atoms with E-state index in [1.807, 2.05) is 6.92 Å². The predicted molar refractivity (Wildman–Crippen MR) is 79.3 cm³/mol. The average molecular weight is 290 g/mol. The molecule has 3 fully saturated rings. The van der Waals surface area contributed by atoms with Gasteiger partial charge in [-0.05, 0) is 68.6 Å². The van der Waals surface area contributed by atoms with Crippen molar-refractivity contribution in [3.05, 3.63) is 12.2 Å². The van der Waals surface area contributed by atoms with Crippen LogP contribution >= 0.6 is 0 Å². The molecule has 7 unspecified atom stereocenters. The number of fused-ring (bicyclic) bond motifs is 4. The maximum absolute atomic E-state index is 12.3. The zero-order chi connectivity index (χ0) is 14.6. The smallest absolute Gasteiger partial charge is 0.311 e. The van der Waals surface area contributed by atoms with Crippen LogP contribution in [0.25, 0.3) is 0 Å². The highest BCUT2D eigenvalue weighted by molar-refractivity contribution is 5.74. The summed E-state index contributed by atoms with van der Waals surface area (Å²) in [7, 11) is 0. The van der Waals surface area contributed by atoms with Gasteiger partial charge in [0.2, 0.25) is 0 Å². The van der Waals surface area contributed by atoms with Gasteiger partial charge < -0.3 is 9.47 Å². The quantitative estimate of drug-likeness (QED) is 0.450. The molecule has 0 radical (unpaired) electrons. The molecule has 0 aliphatic heterocycles. The second-order valence-corrected chi connectivity index (χ2v) is 8.01. The average Bonchev–Trinajstić information content (AvgIpc) is 3.16. The minimum atomic E-state index is -0.401. The molecule has 3 nitrogen and oxygen atoms in total. The van der Waals surface area contributed by atoms with Crippen LogP contribution in [-0.4, -0.2) is 18.4 Å².